The highest BCUT2D eigenvalue weighted by molar-refractivity contribution is 5.73. The number of hydrogen-bond donors (Lipinski definition) is 1. The molecule has 0 aliphatic carbocycles. The molecule has 0 aromatic carbocycles. The number of nitrogens with zero attached hydrogens (tertiary/aromatic N) is 3. The summed E-state index contributed by atoms with van der Waals surface area (Å²) in [4.78, 5) is 21.8. The molecular weight excluding hydrogens is 228 g/mol. The minimum atomic E-state index is 0.130. The molecule has 1 N–H and O–H groups in total. The van der Waals surface area contributed by atoms with Crippen molar-refractivity contribution in [3.63, 3.8) is 0 Å². The van der Waals surface area contributed by atoms with E-state index in [1.807, 2.05) is 4.90 Å². The Hall–Kier alpha value is -1.49. The Morgan fingerprint density at radius 2 is 2.17 bits per heavy atom. The van der Waals surface area contributed by atoms with E-state index in [9.17, 15) is 4.79 Å². The van der Waals surface area contributed by atoms with Crippen molar-refractivity contribution < 1.29 is 4.79 Å². The fourth-order valence-corrected chi connectivity index (χ4v) is 2.42. The van der Waals surface area contributed by atoms with Crippen molar-refractivity contribution in [3.8, 4) is 0 Å². The normalized spacial score (nSPS) is 20.2. The number of aromatic nitrogens is 2. The van der Waals surface area contributed by atoms with Crippen molar-refractivity contribution in [3.05, 3.63) is 24.3 Å². The highest BCUT2D eigenvalue weighted by Crippen LogP contribution is 2.16. The van der Waals surface area contributed by atoms with Crippen LogP contribution in [0.5, 0.6) is 0 Å². The Kier molecular flexibility index (Phi) is 4.64. The molecule has 0 bridgehead atoms. The van der Waals surface area contributed by atoms with E-state index >= 15 is 0 Å². The van der Waals surface area contributed by atoms with E-state index in [0.29, 0.717) is 12.6 Å². The molecule has 5 nitrogen and oxygen atoms in total. The summed E-state index contributed by atoms with van der Waals surface area (Å²) in [6.45, 7) is 4.29. The van der Waals surface area contributed by atoms with E-state index in [2.05, 4.69) is 15.3 Å². The van der Waals surface area contributed by atoms with Gasteiger partial charge in [-0.25, -0.2) is 9.97 Å². The molecule has 2 rings (SSSR count). The molecule has 1 aliphatic rings. The second-order valence-electron chi connectivity index (χ2n) is 4.73. The van der Waals surface area contributed by atoms with E-state index in [1.165, 1.54) is 6.33 Å². The predicted octanol–water partition coefficient (Wildman–Crippen LogP) is 0.967. The van der Waals surface area contributed by atoms with E-state index in [-0.39, 0.29) is 5.91 Å². The zero-order chi connectivity index (χ0) is 12.8. The minimum absolute atomic E-state index is 0.130. The number of carbonyl (C=O) groups excluding carboxylic acids is 1. The van der Waals surface area contributed by atoms with Crippen molar-refractivity contribution in [2.45, 2.75) is 38.8 Å². The highest BCUT2D eigenvalue weighted by atomic mass is 16.2. The Labute approximate surface area is 108 Å². The van der Waals surface area contributed by atoms with Crippen molar-refractivity contribution in [2.24, 2.45) is 0 Å². The summed E-state index contributed by atoms with van der Waals surface area (Å²) in [5.41, 5.74) is 0.991. The molecule has 98 valence electrons. The topological polar surface area (TPSA) is 58.1 Å². The SMILES string of the molecule is CC(=O)N(Cc1cncnc1)[C@@H]1CCCNCC1. The maximum atomic E-state index is 11.8. The zero-order valence-electron chi connectivity index (χ0n) is 10.8. The first-order valence-corrected chi connectivity index (χ1v) is 6.49. The molecular formula is C13H20N4O. The lowest BCUT2D eigenvalue weighted by Gasteiger charge is -2.30. The smallest absolute Gasteiger partial charge is 0.219 e. The standard InChI is InChI=1S/C13H20N4O/c1-11(18)17(9-12-7-15-10-16-8-12)13-3-2-5-14-6-4-13/h7-8,10,13-14H,2-6,9H2,1H3/t13-/m1/s1. The first-order chi connectivity index (χ1) is 8.77. The molecule has 1 amide bonds. The summed E-state index contributed by atoms with van der Waals surface area (Å²) in [7, 11) is 0. The molecule has 0 spiro atoms. The number of rotatable bonds is 3. The van der Waals surface area contributed by atoms with Gasteiger partial charge < -0.3 is 10.2 Å². The van der Waals surface area contributed by atoms with Crippen molar-refractivity contribution in [2.75, 3.05) is 13.1 Å². The average Bonchev–Trinajstić information content (AvgIpc) is 2.65. The van der Waals surface area contributed by atoms with Gasteiger partial charge in [-0.2, -0.15) is 0 Å². The second-order valence-corrected chi connectivity index (χ2v) is 4.73. The van der Waals surface area contributed by atoms with E-state index in [1.54, 1.807) is 19.3 Å². The number of nitrogens with one attached hydrogen (secondary N) is 1. The van der Waals surface area contributed by atoms with Crippen molar-refractivity contribution >= 4 is 5.91 Å². The Bertz CT molecular complexity index is 374. The molecule has 18 heavy (non-hydrogen) atoms. The van der Waals surface area contributed by atoms with Crippen LogP contribution in [0.25, 0.3) is 0 Å². The lowest BCUT2D eigenvalue weighted by Crippen LogP contribution is -2.39. The van der Waals surface area contributed by atoms with Crippen molar-refractivity contribution in [1.29, 1.82) is 0 Å². The highest BCUT2D eigenvalue weighted by Gasteiger charge is 2.22. The summed E-state index contributed by atoms with van der Waals surface area (Å²) < 4.78 is 0. The molecule has 1 fully saturated rings. The van der Waals surface area contributed by atoms with Crippen LogP contribution in [0.4, 0.5) is 0 Å². The van der Waals surface area contributed by atoms with Gasteiger partial charge in [0.15, 0.2) is 0 Å². The molecule has 1 aromatic heterocycles. The maximum Gasteiger partial charge on any atom is 0.219 e. The third kappa shape index (κ3) is 3.50. The molecule has 2 heterocycles. The summed E-state index contributed by atoms with van der Waals surface area (Å²) in [5.74, 6) is 0.130. The number of carbonyl (C=O) groups is 1. The molecule has 1 saturated heterocycles. The van der Waals surface area contributed by atoms with Gasteiger partial charge in [-0.15, -0.1) is 0 Å². The van der Waals surface area contributed by atoms with Gasteiger partial charge in [0.2, 0.25) is 5.91 Å². The Morgan fingerprint density at radius 1 is 1.39 bits per heavy atom. The first-order valence-electron chi connectivity index (χ1n) is 6.49. The van der Waals surface area contributed by atoms with Crippen LogP contribution in [0.3, 0.4) is 0 Å². The van der Waals surface area contributed by atoms with Crippen LogP contribution in [-0.2, 0) is 11.3 Å². The van der Waals surface area contributed by atoms with Crippen LogP contribution >= 0.6 is 0 Å². The molecule has 1 aliphatic heterocycles. The van der Waals surface area contributed by atoms with Crippen LogP contribution in [0.15, 0.2) is 18.7 Å². The Morgan fingerprint density at radius 3 is 2.89 bits per heavy atom. The molecule has 0 unspecified atom stereocenters. The monoisotopic (exact) mass is 248 g/mol. The average molecular weight is 248 g/mol. The van der Waals surface area contributed by atoms with Gasteiger partial charge in [0.1, 0.15) is 6.33 Å². The molecule has 1 atom stereocenters. The third-order valence-corrected chi connectivity index (χ3v) is 3.36. The Balaban J connectivity index is 2.05. The predicted molar refractivity (Wildman–Crippen MR) is 68.8 cm³/mol. The van der Waals surface area contributed by atoms with Crippen LogP contribution in [0.1, 0.15) is 31.7 Å². The van der Waals surface area contributed by atoms with Crippen LogP contribution in [0.2, 0.25) is 0 Å². The molecule has 5 heteroatoms. The lowest BCUT2D eigenvalue weighted by molar-refractivity contribution is -0.132. The van der Waals surface area contributed by atoms with Gasteiger partial charge in [0.25, 0.3) is 0 Å². The van der Waals surface area contributed by atoms with Crippen LogP contribution < -0.4 is 5.32 Å². The van der Waals surface area contributed by atoms with Gasteiger partial charge in [-0.3, -0.25) is 4.79 Å². The number of hydrogen-bond acceptors (Lipinski definition) is 4. The largest absolute Gasteiger partial charge is 0.335 e. The van der Waals surface area contributed by atoms with E-state index < -0.39 is 0 Å². The van der Waals surface area contributed by atoms with E-state index in [0.717, 1.165) is 37.9 Å². The summed E-state index contributed by atoms with van der Waals surface area (Å²) >= 11 is 0. The molecule has 0 radical (unpaired) electrons. The summed E-state index contributed by atoms with van der Waals surface area (Å²) in [5, 5.41) is 3.37. The van der Waals surface area contributed by atoms with Crippen LogP contribution in [0, 0.1) is 0 Å². The van der Waals surface area contributed by atoms with E-state index in [4.69, 9.17) is 0 Å². The second kappa shape index (κ2) is 6.44. The van der Waals surface area contributed by atoms with Gasteiger partial charge in [-0.1, -0.05) is 0 Å². The quantitative estimate of drug-likeness (QED) is 0.866. The fourth-order valence-electron chi connectivity index (χ4n) is 2.42. The summed E-state index contributed by atoms with van der Waals surface area (Å²) in [6, 6.07) is 0.331. The maximum absolute atomic E-state index is 11.8. The van der Waals surface area contributed by atoms with Gasteiger partial charge in [0, 0.05) is 37.5 Å². The zero-order valence-corrected chi connectivity index (χ0v) is 10.8. The third-order valence-electron chi connectivity index (χ3n) is 3.36. The lowest BCUT2D eigenvalue weighted by atomic mass is 10.1. The molecule has 0 saturated carbocycles. The summed E-state index contributed by atoms with van der Waals surface area (Å²) in [6.07, 6.45) is 8.28. The fraction of sp³-hybridized carbons (Fsp3) is 0.615. The number of amides is 1. The molecule has 1 aromatic rings. The van der Waals surface area contributed by atoms with Gasteiger partial charge in [-0.05, 0) is 32.4 Å². The van der Waals surface area contributed by atoms with Crippen molar-refractivity contribution in [1.82, 2.24) is 20.2 Å². The van der Waals surface area contributed by atoms with Gasteiger partial charge in [0.05, 0.1) is 0 Å². The first kappa shape index (κ1) is 13.0. The van der Waals surface area contributed by atoms with Gasteiger partial charge >= 0.3 is 0 Å². The van der Waals surface area contributed by atoms with Crippen LogP contribution in [-0.4, -0.2) is 39.9 Å². The minimum Gasteiger partial charge on any atom is -0.335 e.